The van der Waals surface area contributed by atoms with Gasteiger partial charge in [0.2, 0.25) is 5.91 Å². The van der Waals surface area contributed by atoms with Gasteiger partial charge in [-0.1, -0.05) is 30.3 Å². The molecule has 28 heavy (non-hydrogen) atoms. The molecule has 1 fully saturated rings. The summed E-state index contributed by atoms with van der Waals surface area (Å²) in [6, 6.07) is 15.4. The maximum Gasteiger partial charge on any atom is 0.255 e. The van der Waals surface area contributed by atoms with Crippen molar-refractivity contribution in [3.05, 3.63) is 59.7 Å². The molecule has 0 spiro atoms. The van der Waals surface area contributed by atoms with Crippen LogP contribution in [0.1, 0.15) is 15.9 Å². The summed E-state index contributed by atoms with van der Waals surface area (Å²) in [5.41, 5.74) is 2.83. The fourth-order valence-electron chi connectivity index (χ4n) is 3.60. The Bertz CT molecular complexity index is 921. The molecule has 2 heterocycles. The number of carbonyl (C=O) groups excluding carboxylic acids is 2. The normalized spacial score (nSPS) is 16.9. The Morgan fingerprint density at radius 1 is 0.964 bits per heavy atom. The molecule has 0 radical (unpaired) electrons. The number of hydrogen-bond donors (Lipinski definition) is 0. The fraction of sp³-hybridized carbons (Fsp3) is 0.333. The van der Waals surface area contributed by atoms with E-state index in [2.05, 4.69) is 6.07 Å². The van der Waals surface area contributed by atoms with Crippen LogP contribution >= 0.6 is 11.8 Å². The maximum atomic E-state index is 12.9. The van der Waals surface area contributed by atoms with Crippen LogP contribution in [0.3, 0.4) is 0 Å². The van der Waals surface area contributed by atoms with Crippen molar-refractivity contribution in [1.29, 1.82) is 0 Å². The molecule has 2 aliphatic heterocycles. The van der Waals surface area contributed by atoms with E-state index in [1.807, 2.05) is 47.4 Å². The monoisotopic (exact) mass is 414 g/mol. The molecule has 2 aromatic rings. The van der Waals surface area contributed by atoms with Crippen molar-refractivity contribution in [3.63, 3.8) is 0 Å². The van der Waals surface area contributed by atoms with E-state index in [9.17, 15) is 13.8 Å². The number of rotatable bonds is 4. The van der Waals surface area contributed by atoms with Crippen LogP contribution in [0.2, 0.25) is 0 Å². The second-order valence-corrected chi connectivity index (χ2v) is 9.56. The van der Waals surface area contributed by atoms with Gasteiger partial charge < -0.3 is 9.80 Å². The van der Waals surface area contributed by atoms with Crippen LogP contribution in [0.4, 0.5) is 5.69 Å². The van der Waals surface area contributed by atoms with Crippen LogP contribution in [0, 0.1) is 0 Å². The SMILES string of the molecule is O=C(c1ccccc1SCC(=O)N1CCc2ccccc21)N1CCS(=O)CC1. The van der Waals surface area contributed by atoms with E-state index in [1.54, 1.807) is 4.90 Å². The largest absolute Gasteiger partial charge is 0.337 e. The maximum absolute atomic E-state index is 12.9. The average Bonchev–Trinajstić information content (AvgIpc) is 3.16. The quantitative estimate of drug-likeness (QED) is 0.722. The Morgan fingerprint density at radius 3 is 2.50 bits per heavy atom. The van der Waals surface area contributed by atoms with Gasteiger partial charge in [0.05, 0.1) is 11.3 Å². The molecule has 4 rings (SSSR count). The summed E-state index contributed by atoms with van der Waals surface area (Å²) in [6.45, 7) is 1.76. The van der Waals surface area contributed by atoms with Crippen molar-refractivity contribution >= 4 is 40.1 Å². The third-order valence-corrected chi connectivity index (χ3v) is 7.46. The summed E-state index contributed by atoms with van der Waals surface area (Å²) in [4.78, 5) is 30.1. The van der Waals surface area contributed by atoms with E-state index in [0.717, 1.165) is 17.0 Å². The Balaban J connectivity index is 1.44. The number of carbonyl (C=O) groups is 2. The Labute approximate surface area is 171 Å². The second kappa shape index (κ2) is 8.49. The fourth-order valence-corrected chi connectivity index (χ4v) is 5.57. The first-order valence-corrected chi connectivity index (χ1v) is 11.9. The molecule has 0 saturated carbocycles. The summed E-state index contributed by atoms with van der Waals surface area (Å²) < 4.78 is 11.6. The van der Waals surface area contributed by atoms with Crippen LogP contribution in [0.25, 0.3) is 0 Å². The van der Waals surface area contributed by atoms with Gasteiger partial charge in [0.25, 0.3) is 5.91 Å². The Kier molecular flexibility index (Phi) is 5.82. The average molecular weight is 415 g/mol. The van der Waals surface area contributed by atoms with Gasteiger partial charge in [0.15, 0.2) is 0 Å². The van der Waals surface area contributed by atoms with Crippen LogP contribution in [0.5, 0.6) is 0 Å². The highest BCUT2D eigenvalue weighted by atomic mass is 32.2. The molecule has 0 unspecified atom stereocenters. The van der Waals surface area contributed by atoms with E-state index in [1.165, 1.54) is 17.3 Å². The molecule has 0 N–H and O–H groups in total. The topological polar surface area (TPSA) is 57.7 Å². The Hall–Kier alpha value is -2.12. The minimum Gasteiger partial charge on any atom is -0.337 e. The summed E-state index contributed by atoms with van der Waals surface area (Å²) in [6.07, 6.45) is 0.887. The van der Waals surface area contributed by atoms with Crippen LogP contribution in [-0.2, 0) is 22.0 Å². The molecule has 7 heteroatoms. The molecule has 0 atom stereocenters. The molecule has 5 nitrogen and oxygen atoms in total. The van der Waals surface area contributed by atoms with Crippen molar-refractivity contribution in [3.8, 4) is 0 Å². The first-order chi connectivity index (χ1) is 13.6. The summed E-state index contributed by atoms with van der Waals surface area (Å²) in [5, 5.41) is 0. The third kappa shape index (κ3) is 4.00. The minimum absolute atomic E-state index is 0.0428. The lowest BCUT2D eigenvalue weighted by Gasteiger charge is -2.27. The first-order valence-electron chi connectivity index (χ1n) is 9.38. The Morgan fingerprint density at radius 2 is 1.68 bits per heavy atom. The van der Waals surface area contributed by atoms with E-state index in [4.69, 9.17) is 0 Å². The molecule has 1 saturated heterocycles. The first kappa shape index (κ1) is 19.2. The van der Waals surface area contributed by atoms with Crippen LogP contribution in [0.15, 0.2) is 53.4 Å². The van der Waals surface area contributed by atoms with Gasteiger partial charge in [0, 0.05) is 52.5 Å². The third-order valence-electron chi connectivity index (χ3n) is 5.12. The zero-order valence-corrected chi connectivity index (χ0v) is 17.1. The van der Waals surface area contributed by atoms with E-state index in [-0.39, 0.29) is 11.8 Å². The second-order valence-electron chi connectivity index (χ2n) is 6.85. The van der Waals surface area contributed by atoms with Crippen molar-refractivity contribution in [1.82, 2.24) is 4.90 Å². The molecule has 2 aliphatic rings. The van der Waals surface area contributed by atoms with Crippen molar-refractivity contribution < 1.29 is 13.8 Å². The summed E-state index contributed by atoms with van der Waals surface area (Å²) >= 11 is 1.41. The van der Waals surface area contributed by atoms with Gasteiger partial charge in [-0.05, 0) is 30.2 Å². The van der Waals surface area contributed by atoms with Crippen LogP contribution < -0.4 is 4.90 Å². The predicted octanol–water partition coefficient (Wildman–Crippen LogP) is 2.57. The highest BCUT2D eigenvalue weighted by Gasteiger charge is 2.26. The van der Waals surface area contributed by atoms with E-state index >= 15 is 0 Å². The van der Waals surface area contributed by atoms with Gasteiger partial charge in [0.1, 0.15) is 0 Å². The molecule has 0 bridgehead atoms. The number of amides is 2. The van der Waals surface area contributed by atoms with E-state index < -0.39 is 10.8 Å². The number of benzene rings is 2. The van der Waals surface area contributed by atoms with Crippen molar-refractivity contribution in [2.45, 2.75) is 11.3 Å². The lowest BCUT2D eigenvalue weighted by atomic mass is 10.2. The molecular formula is C21H22N2O3S2. The standard InChI is InChI=1S/C21H22N2O3S2/c24-20(23-10-9-16-5-1-3-7-18(16)23)15-27-19-8-4-2-6-17(19)21(25)22-11-13-28(26)14-12-22/h1-8H,9-15H2. The number of nitrogens with zero attached hydrogens (tertiary/aromatic N) is 2. The number of anilines is 1. The number of thioether (sulfide) groups is 1. The zero-order valence-electron chi connectivity index (χ0n) is 15.5. The summed E-state index contributed by atoms with van der Waals surface area (Å²) in [7, 11) is -0.818. The van der Waals surface area contributed by atoms with Crippen LogP contribution in [-0.4, -0.2) is 57.8 Å². The van der Waals surface area contributed by atoms with Gasteiger partial charge in [-0.15, -0.1) is 11.8 Å². The zero-order chi connectivity index (χ0) is 19.5. The van der Waals surface area contributed by atoms with Gasteiger partial charge in [-0.2, -0.15) is 0 Å². The molecule has 0 aliphatic carbocycles. The number of para-hydroxylation sites is 1. The van der Waals surface area contributed by atoms with Crippen molar-refractivity contribution in [2.75, 3.05) is 41.8 Å². The number of fused-ring (bicyclic) bond motifs is 1. The summed E-state index contributed by atoms with van der Waals surface area (Å²) in [5.74, 6) is 1.38. The number of hydrogen-bond acceptors (Lipinski definition) is 4. The smallest absolute Gasteiger partial charge is 0.255 e. The predicted molar refractivity (Wildman–Crippen MR) is 113 cm³/mol. The molecular weight excluding hydrogens is 392 g/mol. The van der Waals surface area contributed by atoms with Gasteiger partial charge >= 0.3 is 0 Å². The highest BCUT2D eigenvalue weighted by Crippen LogP contribution is 2.30. The molecule has 146 valence electrons. The lowest BCUT2D eigenvalue weighted by Crippen LogP contribution is -2.42. The molecule has 0 aromatic heterocycles. The lowest BCUT2D eigenvalue weighted by molar-refractivity contribution is -0.116. The van der Waals surface area contributed by atoms with Crippen molar-refractivity contribution in [2.24, 2.45) is 0 Å². The van der Waals surface area contributed by atoms with E-state index in [0.29, 0.717) is 42.5 Å². The van der Waals surface area contributed by atoms with Gasteiger partial charge in [-0.25, -0.2) is 0 Å². The highest BCUT2D eigenvalue weighted by molar-refractivity contribution is 8.00. The minimum atomic E-state index is -0.818. The molecule has 2 aromatic carbocycles. The van der Waals surface area contributed by atoms with Gasteiger partial charge in [-0.3, -0.25) is 13.8 Å². The molecule has 2 amide bonds.